The summed E-state index contributed by atoms with van der Waals surface area (Å²) < 4.78 is 72.7. The van der Waals surface area contributed by atoms with Crippen molar-refractivity contribution in [2.45, 2.75) is 43.4 Å². The molecule has 4 rings (SSSR count). The molecule has 2 N–H and O–H groups in total. The van der Waals surface area contributed by atoms with Gasteiger partial charge in [0.05, 0.1) is 23.3 Å². The molecule has 3 aromatic carbocycles. The highest BCUT2D eigenvalue weighted by Gasteiger charge is 2.42. The molecule has 1 atom stereocenters. The summed E-state index contributed by atoms with van der Waals surface area (Å²) in [4.78, 5) is 27.6. The fraction of sp³-hybridized carbons (Fsp3) is 0.333. The van der Waals surface area contributed by atoms with E-state index in [2.05, 4.69) is 24.5 Å². The van der Waals surface area contributed by atoms with E-state index in [-0.39, 0.29) is 26.2 Å². The molecule has 13 heteroatoms. The molecule has 230 valence electrons. The van der Waals surface area contributed by atoms with Crippen molar-refractivity contribution in [3.05, 3.63) is 89.5 Å². The molecule has 1 aliphatic rings. The number of alkyl halides is 3. The second-order valence-electron chi connectivity index (χ2n) is 10.3. The quantitative estimate of drug-likeness (QED) is 0.367. The lowest BCUT2D eigenvalue weighted by molar-refractivity contribution is -0.137. The second-order valence-corrected chi connectivity index (χ2v) is 12.2. The van der Waals surface area contributed by atoms with Crippen LogP contribution in [-0.2, 0) is 27.5 Å². The minimum atomic E-state index is -4.64. The number of halogens is 3. The van der Waals surface area contributed by atoms with Gasteiger partial charge in [0.1, 0.15) is 11.8 Å². The van der Waals surface area contributed by atoms with Crippen LogP contribution in [0.3, 0.4) is 0 Å². The fourth-order valence-electron chi connectivity index (χ4n) is 4.67. The minimum absolute atomic E-state index is 0.0682. The molecule has 1 aliphatic heterocycles. The van der Waals surface area contributed by atoms with Gasteiger partial charge in [0, 0.05) is 26.2 Å². The van der Waals surface area contributed by atoms with E-state index in [9.17, 15) is 31.2 Å². The van der Waals surface area contributed by atoms with Gasteiger partial charge in [-0.25, -0.2) is 13.2 Å². The van der Waals surface area contributed by atoms with Crippen LogP contribution in [0, 0.1) is 0 Å². The van der Waals surface area contributed by atoms with Crippen molar-refractivity contribution >= 4 is 27.6 Å². The zero-order valence-electron chi connectivity index (χ0n) is 23.9. The summed E-state index contributed by atoms with van der Waals surface area (Å²) in [5.74, 6) is 0.0817. The molecule has 0 radical (unpaired) electrons. The van der Waals surface area contributed by atoms with E-state index in [1.54, 1.807) is 24.3 Å². The molecule has 0 unspecified atom stereocenters. The number of anilines is 1. The van der Waals surface area contributed by atoms with Crippen LogP contribution in [0.25, 0.3) is 0 Å². The lowest BCUT2D eigenvalue weighted by atomic mass is 10.0. The summed E-state index contributed by atoms with van der Waals surface area (Å²) in [6.07, 6.45) is -4.64. The van der Waals surface area contributed by atoms with E-state index in [4.69, 9.17) is 4.74 Å². The Morgan fingerprint density at radius 1 is 0.977 bits per heavy atom. The van der Waals surface area contributed by atoms with Crippen molar-refractivity contribution in [3.63, 3.8) is 0 Å². The number of nitrogens with zero attached hydrogens (tertiary/aromatic N) is 2. The molecular weight excluding hydrogens is 585 g/mol. The third-order valence-electron chi connectivity index (χ3n) is 7.17. The van der Waals surface area contributed by atoms with Gasteiger partial charge in [-0.2, -0.15) is 17.5 Å². The Labute approximate surface area is 248 Å². The largest absolute Gasteiger partial charge is 0.495 e. The number of piperazine rings is 1. The van der Waals surface area contributed by atoms with Crippen molar-refractivity contribution in [2.24, 2.45) is 0 Å². The molecule has 0 spiro atoms. The number of para-hydroxylation sites is 2. The zero-order chi connectivity index (χ0) is 31.4. The summed E-state index contributed by atoms with van der Waals surface area (Å²) in [6, 6.07) is 15.5. The van der Waals surface area contributed by atoms with E-state index < -0.39 is 44.6 Å². The first-order chi connectivity index (χ1) is 20.3. The molecular formula is C30H33F3N4O5S. The van der Waals surface area contributed by atoms with Crippen molar-refractivity contribution in [2.75, 3.05) is 32.1 Å². The van der Waals surface area contributed by atoms with Crippen molar-refractivity contribution in [1.29, 1.82) is 0 Å². The Balaban J connectivity index is 1.57. The van der Waals surface area contributed by atoms with Gasteiger partial charge in [-0.05, 0) is 53.4 Å². The molecule has 1 heterocycles. The van der Waals surface area contributed by atoms with E-state index in [0.717, 1.165) is 27.6 Å². The molecule has 3 amide bonds. The summed E-state index contributed by atoms with van der Waals surface area (Å²) in [5, 5.41) is 5.48. The smallest absolute Gasteiger partial charge is 0.416 e. The number of sulfonamides is 1. The standard InChI is InChI=1S/C30H33F3N4O5S/c1-20(2)22-10-8-21(9-11-22)18-34-28(38)26-19-36(29(39)35-25-6-4-5-7-27(25)42-3)16-17-37(26)43(40,41)24-14-12-23(13-15-24)30(31,32)33/h4-15,20,26H,16-19H2,1-3H3,(H,34,38)(H,35,39)/t26-/m1/s1. The van der Waals surface area contributed by atoms with Crippen LogP contribution in [0.1, 0.15) is 36.5 Å². The number of benzene rings is 3. The average Bonchev–Trinajstić information content (AvgIpc) is 2.99. The lowest BCUT2D eigenvalue weighted by Crippen LogP contribution is -2.61. The molecule has 43 heavy (non-hydrogen) atoms. The number of ether oxygens (including phenoxy) is 1. The summed E-state index contributed by atoms with van der Waals surface area (Å²) in [6.45, 7) is 3.60. The summed E-state index contributed by atoms with van der Waals surface area (Å²) in [5.41, 5.74) is 1.30. The Hall–Kier alpha value is -4.10. The number of rotatable bonds is 8. The van der Waals surface area contributed by atoms with Crippen molar-refractivity contribution < 1.29 is 35.9 Å². The molecule has 1 saturated heterocycles. The van der Waals surface area contributed by atoms with E-state index in [0.29, 0.717) is 29.5 Å². The van der Waals surface area contributed by atoms with Gasteiger partial charge >= 0.3 is 12.2 Å². The SMILES string of the molecule is COc1ccccc1NC(=O)N1CCN(S(=O)(=O)c2ccc(C(F)(F)F)cc2)[C@@H](C(=O)NCc2ccc(C(C)C)cc2)C1. The summed E-state index contributed by atoms with van der Waals surface area (Å²) >= 11 is 0. The molecule has 0 aromatic heterocycles. The topological polar surface area (TPSA) is 108 Å². The number of carbonyl (C=O) groups excluding carboxylic acids is 2. The molecule has 0 saturated carbocycles. The first kappa shape index (κ1) is 31.8. The maximum Gasteiger partial charge on any atom is 0.416 e. The Bertz CT molecular complexity index is 1550. The van der Waals surface area contributed by atoms with Crippen LogP contribution in [0.2, 0.25) is 0 Å². The highest BCUT2D eigenvalue weighted by Crippen LogP contribution is 2.31. The number of hydrogen-bond donors (Lipinski definition) is 2. The fourth-order valence-corrected chi connectivity index (χ4v) is 6.24. The number of carbonyl (C=O) groups is 2. The van der Waals surface area contributed by atoms with Gasteiger partial charge in [-0.1, -0.05) is 50.2 Å². The first-order valence-corrected chi connectivity index (χ1v) is 15.0. The van der Waals surface area contributed by atoms with Gasteiger partial charge in [-0.15, -0.1) is 0 Å². The van der Waals surface area contributed by atoms with E-state index in [1.807, 2.05) is 24.3 Å². The first-order valence-electron chi connectivity index (χ1n) is 13.6. The highest BCUT2D eigenvalue weighted by atomic mass is 32.2. The number of amides is 3. The van der Waals surface area contributed by atoms with Gasteiger partial charge in [0.2, 0.25) is 15.9 Å². The maximum atomic E-state index is 13.6. The van der Waals surface area contributed by atoms with E-state index in [1.165, 1.54) is 12.0 Å². The van der Waals surface area contributed by atoms with Crippen LogP contribution >= 0.6 is 0 Å². The highest BCUT2D eigenvalue weighted by molar-refractivity contribution is 7.89. The van der Waals surface area contributed by atoms with Gasteiger partial charge in [-0.3, -0.25) is 4.79 Å². The maximum absolute atomic E-state index is 13.6. The third-order valence-corrected chi connectivity index (χ3v) is 9.09. The minimum Gasteiger partial charge on any atom is -0.495 e. The van der Waals surface area contributed by atoms with Crippen LogP contribution in [0.15, 0.2) is 77.7 Å². The molecule has 0 bridgehead atoms. The van der Waals surface area contributed by atoms with Gasteiger partial charge < -0.3 is 20.3 Å². The number of nitrogens with one attached hydrogen (secondary N) is 2. The molecule has 9 nitrogen and oxygen atoms in total. The third kappa shape index (κ3) is 7.46. The molecule has 3 aromatic rings. The second kappa shape index (κ2) is 13.0. The van der Waals surface area contributed by atoms with E-state index >= 15 is 0 Å². The Kier molecular flexibility index (Phi) is 9.65. The number of urea groups is 1. The van der Waals surface area contributed by atoms with Crippen LogP contribution in [-0.4, -0.2) is 62.3 Å². The monoisotopic (exact) mass is 618 g/mol. The van der Waals surface area contributed by atoms with Crippen LogP contribution in [0.4, 0.5) is 23.7 Å². The summed E-state index contributed by atoms with van der Waals surface area (Å²) in [7, 11) is -2.96. The van der Waals surface area contributed by atoms with Crippen LogP contribution in [0.5, 0.6) is 5.75 Å². The van der Waals surface area contributed by atoms with Crippen LogP contribution < -0.4 is 15.4 Å². The average molecular weight is 619 g/mol. The zero-order valence-corrected chi connectivity index (χ0v) is 24.7. The molecule has 1 fully saturated rings. The Morgan fingerprint density at radius 3 is 2.23 bits per heavy atom. The lowest BCUT2D eigenvalue weighted by Gasteiger charge is -2.39. The van der Waals surface area contributed by atoms with Crippen molar-refractivity contribution in [1.82, 2.24) is 14.5 Å². The molecule has 0 aliphatic carbocycles. The van der Waals surface area contributed by atoms with Gasteiger partial charge in [0.15, 0.2) is 0 Å². The van der Waals surface area contributed by atoms with Crippen molar-refractivity contribution in [3.8, 4) is 5.75 Å². The van der Waals surface area contributed by atoms with Gasteiger partial charge in [0.25, 0.3) is 0 Å². The Morgan fingerprint density at radius 2 is 1.63 bits per heavy atom. The predicted octanol–water partition coefficient (Wildman–Crippen LogP) is 5.06. The number of methoxy groups -OCH3 is 1. The predicted molar refractivity (Wildman–Crippen MR) is 155 cm³/mol. The normalized spacial score (nSPS) is 16.2. The number of hydrogen-bond acceptors (Lipinski definition) is 5.